The van der Waals surface area contributed by atoms with Crippen molar-refractivity contribution in [1.82, 2.24) is 10.2 Å². The van der Waals surface area contributed by atoms with Crippen LogP contribution in [0.3, 0.4) is 0 Å². The van der Waals surface area contributed by atoms with Crippen molar-refractivity contribution in [3.05, 3.63) is 12.2 Å². The normalized spacial score (nSPS) is 15.6. The number of nitrogens with one attached hydrogen (secondary N) is 1. The highest BCUT2D eigenvalue weighted by Crippen LogP contribution is 2.00. The highest BCUT2D eigenvalue weighted by molar-refractivity contribution is 6.28. The van der Waals surface area contributed by atoms with E-state index < -0.39 is 5.91 Å². The van der Waals surface area contributed by atoms with Crippen LogP contribution in [-0.2, 0) is 4.79 Å². The summed E-state index contributed by atoms with van der Waals surface area (Å²) in [6, 6.07) is -0.366. The number of rotatable bonds is 1. The van der Waals surface area contributed by atoms with E-state index in [4.69, 9.17) is 11.6 Å². The fourth-order valence-electron chi connectivity index (χ4n) is 1.06. The Bertz CT molecular complexity index is 240. The zero-order chi connectivity index (χ0) is 9.68. The molecule has 0 aromatic heterocycles. The first-order chi connectivity index (χ1) is 6.24. The molecule has 0 radical (unpaired) electrons. The van der Waals surface area contributed by atoms with Crippen LogP contribution in [-0.4, -0.2) is 35.8 Å². The molecule has 0 aliphatic carbocycles. The molecular weight excluding hydrogens is 192 g/mol. The lowest BCUT2D eigenvalue weighted by Crippen LogP contribution is -2.44. The Morgan fingerprint density at radius 1 is 1.46 bits per heavy atom. The van der Waals surface area contributed by atoms with Crippen molar-refractivity contribution in [2.75, 3.05) is 19.0 Å². The van der Waals surface area contributed by atoms with E-state index >= 15 is 0 Å². The average Bonchev–Trinajstić information content (AvgIpc) is 2.19. The molecule has 1 heterocycles. The Balaban J connectivity index is 2.38. The quantitative estimate of drug-likeness (QED) is 0.503. The number of hydrogen-bond donors (Lipinski definition) is 1. The van der Waals surface area contributed by atoms with Crippen LogP contribution >= 0.6 is 11.6 Å². The summed E-state index contributed by atoms with van der Waals surface area (Å²) in [5.74, 6) is -0.642. The molecule has 0 aromatic rings. The van der Waals surface area contributed by atoms with Gasteiger partial charge < -0.3 is 4.90 Å². The van der Waals surface area contributed by atoms with E-state index in [-0.39, 0.29) is 11.9 Å². The third-order valence-corrected chi connectivity index (χ3v) is 1.96. The third kappa shape index (κ3) is 3.06. The van der Waals surface area contributed by atoms with Crippen LogP contribution in [0.5, 0.6) is 0 Å². The first-order valence-electron chi connectivity index (χ1n) is 4.03. The predicted molar refractivity (Wildman–Crippen MR) is 49.6 cm³/mol. The molecule has 1 aliphatic heterocycles. The minimum atomic E-state index is -0.457. The molecule has 5 heteroatoms. The van der Waals surface area contributed by atoms with Gasteiger partial charge in [0.2, 0.25) is 5.91 Å². The largest absolute Gasteiger partial charge is 0.324 e. The van der Waals surface area contributed by atoms with Crippen molar-refractivity contribution >= 4 is 23.5 Å². The standard InChI is InChI=1S/C8H11ClN2O2/c9-6-7(12)10-8(13)11-4-2-1-3-5-11/h1-2H,3-6H2,(H,10,12,13). The van der Waals surface area contributed by atoms with Gasteiger partial charge in [-0.15, -0.1) is 11.6 Å². The molecule has 13 heavy (non-hydrogen) atoms. The van der Waals surface area contributed by atoms with Crippen molar-refractivity contribution in [2.24, 2.45) is 0 Å². The fourth-order valence-corrected chi connectivity index (χ4v) is 1.12. The lowest BCUT2D eigenvalue weighted by molar-refractivity contribution is -0.117. The van der Waals surface area contributed by atoms with Crippen LogP contribution in [0, 0.1) is 0 Å². The van der Waals surface area contributed by atoms with E-state index in [1.807, 2.05) is 12.2 Å². The second kappa shape index (κ2) is 4.87. The van der Waals surface area contributed by atoms with Gasteiger partial charge in [-0.2, -0.15) is 0 Å². The SMILES string of the molecule is O=C(CCl)NC(=O)N1CC=CCC1. The number of alkyl halides is 1. The number of nitrogens with zero attached hydrogens (tertiary/aromatic N) is 1. The maximum absolute atomic E-state index is 11.3. The zero-order valence-corrected chi connectivity index (χ0v) is 7.88. The number of carbonyl (C=O) groups excluding carboxylic acids is 2. The Hall–Kier alpha value is -1.03. The molecule has 0 fully saturated rings. The van der Waals surface area contributed by atoms with Gasteiger partial charge in [0.25, 0.3) is 0 Å². The molecule has 0 saturated heterocycles. The molecule has 0 bridgehead atoms. The van der Waals surface area contributed by atoms with E-state index in [1.165, 1.54) is 0 Å². The Labute approximate surface area is 81.5 Å². The van der Waals surface area contributed by atoms with Crippen molar-refractivity contribution in [1.29, 1.82) is 0 Å². The molecule has 1 rings (SSSR count). The summed E-state index contributed by atoms with van der Waals surface area (Å²) in [7, 11) is 0. The van der Waals surface area contributed by atoms with Crippen LogP contribution in [0.15, 0.2) is 12.2 Å². The highest BCUT2D eigenvalue weighted by atomic mass is 35.5. The van der Waals surface area contributed by atoms with Gasteiger partial charge in [-0.3, -0.25) is 10.1 Å². The van der Waals surface area contributed by atoms with Crippen molar-refractivity contribution in [3.63, 3.8) is 0 Å². The first-order valence-corrected chi connectivity index (χ1v) is 4.57. The summed E-state index contributed by atoms with van der Waals surface area (Å²) in [5, 5.41) is 2.18. The maximum Gasteiger partial charge on any atom is 0.324 e. The van der Waals surface area contributed by atoms with Gasteiger partial charge in [0.1, 0.15) is 5.88 Å². The topological polar surface area (TPSA) is 49.4 Å². The van der Waals surface area contributed by atoms with Crippen LogP contribution < -0.4 is 5.32 Å². The fraction of sp³-hybridized carbons (Fsp3) is 0.500. The summed E-state index contributed by atoms with van der Waals surface area (Å²) in [6.07, 6.45) is 4.74. The van der Waals surface area contributed by atoms with E-state index in [0.717, 1.165) is 6.42 Å². The van der Waals surface area contributed by atoms with Gasteiger partial charge in [-0.25, -0.2) is 4.79 Å². The number of hydrogen-bond acceptors (Lipinski definition) is 2. The van der Waals surface area contributed by atoms with Crippen molar-refractivity contribution in [2.45, 2.75) is 6.42 Å². The lowest BCUT2D eigenvalue weighted by atomic mass is 10.3. The van der Waals surface area contributed by atoms with Crippen LogP contribution in [0.4, 0.5) is 4.79 Å². The van der Waals surface area contributed by atoms with E-state index in [1.54, 1.807) is 4.90 Å². The predicted octanol–water partition coefficient (Wildman–Crippen LogP) is 0.723. The van der Waals surface area contributed by atoms with Crippen LogP contribution in [0.2, 0.25) is 0 Å². The minimum absolute atomic E-state index is 0.185. The van der Waals surface area contributed by atoms with Gasteiger partial charge in [0.05, 0.1) is 0 Å². The summed E-state index contributed by atoms with van der Waals surface area (Å²) in [6.45, 7) is 1.21. The average molecular weight is 203 g/mol. The van der Waals surface area contributed by atoms with E-state index in [2.05, 4.69) is 5.32 Å². The number of halogens is 1. The van der Waals surface area contributed by atoms with Crippen LogP contribution in [0.1, 0.15) is 6.42 Å². The minimum Gasteiger partial charge on any atom is -0.320 e. The molecular formula is C8H11ClN2O2. The Kier molecular flexibility index (Phi) is 3.76. The molecule has 0 aromatic carbocycles. The number of amides is 3. The number of urea groups is 1. The van der Waals surface area contributed by atoms with Gasteiger partial charge in [0.15, 0.2) is 0 Å². The van der Waals surface area contributed by atoms with Crippen molar-refractivity contribution < 1.29 is 9.59 Å². The van der Waals surface area contributed by atoms with Crippen LogP contribution in [0.25, 0.3) is 0 Å². The second-order valence-electron chi connectivity index (χ2n) is 2.69. The second-order valence-corrected chi connectivity index (χ2v) is 2.96. The van der Waals surface area contributed by atoms with E-state index in [9.17, 15) is 9.59 Å². The monoisotopic (exact) mass is 202 g/mol. The Morgan fingerprint density at radius 2 is 2.23 bits per heavy atom. The first kappa shape index (κ1) is 10.1. The Morgan fingerprint density at radius 3 is 2.77 bits per heavy atom. The molecule has 1 N–H and O–H groups in total. The smallest absolute Gasteiger partial charge is 0.320 e. The van der Waals surface area contributed by atoms with E-state index in [0.29, 0.717) is 13.1 Å². The van der Waals surface area contributed by atoms with Crippen molar-refractivity contribution in [3.8, 4) is 0 Å². The van der Waals surface area contributed by atoms with Gasteiger partial charge in [-0.05, 0) is 6.42 Å². The molecule has 3 amide bonds. The molecule has 72 valence electrons. The zero-order valence-electron chi connectivity index (χ0n) is 7.12. The van der Waals surface area contributed by atoms with Gasteiger partial charge in [-0.1, -0.05) is 12.2 Å². The molecule has 0 saturated carbocycles. The summed E-state index contributed by atoms with van der Waals surface area (Å²) >= 11 is 5.24. The molecule has 0 unspecified atom stereocenters. The summed E-state index contributed by atoms with van der Waals surface area (Å²) in [4.78, 5) is 23.6. The maximum atomic E-state index is 11.3. The number of carbonyl (C=O) groups is 2. The van der Waals surface area contributed by atoms with Gasteiger partial charge in [0, 0.05) is 13.1 Å². The number of imide groups is 1. The summed E-state index contributed by atoms with van der Waals surface area (Å²) in [5.41, 5.74) is 0. The lowest BCUT2D eigenvalue weighted by Gasteiger charge is -2.22. The highest BCUT2D eigenvalue weighted by Gasteiger charge is 2.15. The molecule has 1 aliphatic rings. The third-order valence-electron chi connectivity index (χ3n) is 1.71. The molecule has 0 atom stereocenters. The van der Waals surface area contributed by atoms with Gasteiger partial charge >= 0.3 is 6.03 Å². The molecule has 0 spiro atoms. The molecule has 4 nitrogen and oxygen atoms in total. The summed E-state index contributed by atoms with van der Waals surface area (Å²) < 4.78 is 0.